The quantitative estimate of drug-likeness (QED) is 0.0389. The monoisotopic (exact) mass is 1090 g/mol. The normalized spacial score (nSPS) is 13.4. The Morgan fingerprint density at radius 1 is 0.513 bits per heavy atom. The number of rotatable bonds is 22. The molecule has 0 spiro atoms. The van der Waals surface area contributed by atoms with Crippen LogP contribution in [0, 0.1) is 5.92 Å². The molecule has 10 heteroatoms. The van der Waals surface area contributed by atoms with Gasteiger partial charge < -0.3 is 33.9 Å². The van der Waals surface area contributed by atoms with Gasteiger partial charge in [-0.2, -0.15) is 0 Å². The van der Waals surface area contributed by atoms with Crippen LogP contribution in [0.4, 0.5) is 0 Å². The van der Waals surface area contributed by atoms with Crippen molar-refractivity contribution in [1.82, 2.24) is 0 Å². The first kappa shape index (κ1) is 68.0. The predicted octanol–water partition coefficient (Wildman–Crippen LogP) is 18.6. The number of hydrogen-bond donors (Lipinski definition) is 2. The summed E-state index contributed by atoms with van der Waals surface area (Å²) in [6, 6.07) is 45.7. The molecular weight excluding hydrogens is 993 g/mol. The second kappa shape index (κ2) is 37.7. The number of ether oxygens (including phenoxy) is 5. The summed E-state index contributed by atoms with van der Waals surface area (Å²) in [5, 5.41) is 19.9. The van der Waals surface area contributed by atoms with E-state index in [1.807, 2.05) is 89.4 Å². The van der Waals surface area contributed by atoms with Gasteiger partial charge in [-0.25, -0.2) is 4.79 Å². The Morgan fingerprint density at radius 2 is 0.936 bits per heavy atom. The lowest BCUT2D eigenvalue weighted by molar-refractivity contribution is -0.159. The van der Waals surface area contributed by atoms with Gasteiger partial charge in [-0.05, 0) is 191 Å². The molecule has 0 saturated carbocycles. The molecule has 6 aromatic rings. The highest BCUT2D eigenvalue weighted by Gasteiger charge is 2.20. The summed E-state index contributed by atoms with van der Waals surface area (Å²) in [6.07, 6.45) is 7.35. The summed E-state index contributed by atoms with van der Waals surface area (Å²) in [4.78, 5) is 23.4. The van der Waals surface area contributed by atoms with Gasteiger partial charge in [-0.3, -0.25) is 4.79 Å². The Hall–Kier alpha value is -6.10. The van der Waals surface area contributed by atoms with Gasteiger partial charge in [0.05, 0.1) is 18.6 Å². The highest BCUT2D eigenvalue weighted by Crippen LogP contribution is 2.25. The molecule has 6 rings (SSSR count). The van der Waals surface area contributed by atoms with Gasteiger partial charge in [0.2, 0.25) is 0 Å². The van der Waals surface area contributed by atoms with Crippen LogP contribution in [0.1, 0.15) is 204 Å². The van der Waals surface area contributed by atoms with Gasteiger partial charge >= 0.3 is 11.9 Å². The van der Waals surface area contributed by atoms with E-state index in [0.29, 0.717) is 46.7 Å². The van der Waals surface area contributed by atoms with Gasteiger partial charge in [0, 0.05) is 0 Å². The maximum absolute atomic E-state index is 11.7. The first-order chi connectivity index (χ1) is 37.1. The van der Waals surface area contributed by atoms with Gasteiger partial charge in [0.1, 0.15) is 40.1 Å². The number of hydrogen-bond acceptors (Lipinski definition) is 10. The molecule has 0 aliphatic heterocycles. The third-order valence-electron chi connectivity index (χ3n) is 13.4. The van der Waals surface area contributed by atoms with Crippen molar-refractivity contribution in [2.75, 3.05) is 13.2 Å². The van der Waals surface area contributed by atoms with E-state index in [2.05, 4.69) is 129 Å². The third-order valence-corrected chi connectivity index (χ3v) is 14.3. The van der Waals surface area contributed by atoms with Crippen LogP contribution in [-0.4, -0.2) is 53.4 Å². The number of carbonyl (C=O) groups is 2. The molecule has 1 aromatic heterocycles. The van der Waals surface area contributed by atoms with Crippen LogP contribution in [0.2, 0.25) is 0 Å². The number of phenols is 2. The molecule has 0 bridgehead atoms. The van der Waals surface area contributed by atoms with E-state index in [0.717, 1.165) is 50.0 Å². The summed E-state index contributed by atoms with van der Waals surface area (Å²) in [5.41, 5.74) is 6.32. The molecule has 0 fully saturated rings. The number of aromatic hydroxyl groups is 2. The van der Waals surface area contributed by atoms with Crippen molar-refractivity contribution >= 4 is 23.3 Å². The lowest BCUT2D eigenvalue weighted by atomic mass is 9.99. The Kier molecular flexibility index (Phi) is 32.8. The highest BCUT2D eigenvalue weighted by atomic mass is 32.1. The van der Waals surface area contributed by atoms with E-state index in [-0.39, 0.29) is 36.2 Å². The van der Waals surface area contributed by atoms with Crippen molar-refractivity contribution < 1.29 is 43.5 Å². The minimum Gasteiger partial charge on any atom is -0.508 e. The molecular formula is C68H96O9S. The average Bonchev–Trinajstić information content (AvgIpc) is 4.00. The van der Waals surface area contributed by atoms with Crippen LogP contribution in [0.3, 0.4) is 0 Å². The van der Waals surface area contributed by atoms with E-state index >= 15 is 0 Å². The zero-order chi connectivity index (χ0) is 58.0. The summed E-state index contributed by atoms with van der Waals surface area (Å²) < 4.78 is 27.5. The fourth-order valence-corrected chi connectivity index (χ4v) is 7.83. The van der Waals surface area contributed by atoms with Gasteiger partial charge in [0.15, 0.2) is 6.29 Å². The van der Waals surface area contributed by atoms with Gasteiger partial charge in [0.25, 0.3) is 0 Å². The Bertz CT molecular complexity index is 2400. The number of esters is 2. The summed E-state index contributed by atoms with van der Waals surface area (Å²) in [6.45, 7) is 31.6. The van der Waals surface area contributed by atoms with Crippen LogP contribution in [0.5, 0.6) is 23.0 Å². The van der Waals surface area contributed by atoms with Crippen molar-refractivity contribution in [2.24, 2.45) is 5.92 Å². The molecule has 0 radical (unpaired) electrons. The fraction of sp³-hybridized carbons (Fsp3) is 0.471. The molecule has 0 aliphatic carbocycles. The SMILES string of the molecule is CCC(C)C(=O)OC(C)(C)C.CCC(C)c1ccc(O)cc1.CCC(C)c1ccc(O)cc1.CCC(C)c1ccc(OC(C)CCc2ccccc2)cc1.CCC(C)c1ccc(OC(C)OCCOC(=O)c2cccs2)cc1. The number of thiophene rings is 1. The molecule has 78 heavy (non-hydrogen) atoms. The molecule has 7 unspecified atom stereocenters. The van der Waals surface area contributed by atoms with Crippen LogP contribution in [0.25, 0.3) is 0 Å². The van der Waals surface area contributed by atoms with E-state index in [1.165, 1.54) is 45.6 Å². The minimum absolute atomic E-state index is 0.0224. The summed E-state index contributed by atoms with van der Waals surface area (Å²) in [5.74, 6) is 4.39. The first-order valence-electron chi connectivity index (χ1n) is 28.3. The van der Waals surface area contributed by atoms with Crippen molar-refractivity contribution in [3.8, 4) is 23.0 Å². The van der Waals surface area contributed by atoms with Crippen molar-refractivity contribution in [2.45, 2.75) is 190 Å². The van der Waals surface area contributed by atoms with Crippen LogP contribution in [-0.2, 0) is 25.4 Å². The predicted molar refractivity (Wildman–Crippen MR) is 325 cm³/mol. The zero-order valence-electron chi connectivity index (χ0n) is 49.9. The molecule has 2 N–H and O–H groups in total. The molecule has 1 heterocycles. The molecule has 428 valence electrons. The molecule has 5 aromatic carbocycles. The number of phenolic OH excluding ortho intramolecular Hbond substituents is 2. The Morgan fingerprint density at radius 3 is 1.32 bits per heavy atom. The summed E-state index contributed by atoms with van der Waals surface area (Å²) >= 11 is 1.36. The molecule has 9 nitrogen and oxygen atoms in total. The standard InChI is InChI=1S/C20H26O.C19H24O4S.2C10H14O.C9H18O2/c1-4-16(2)19-12-14-20(15-13-19)21-17(3)10-11-18-8-6-5-7-9-18;1-4-14(2)16-7-9-17(10-8-16)23-15(3)21-11-12-22-19(20)18-6-5-13-24-18;2*1-3-8(2)9-4-6-10(11)7-5-9;1-6-7(2)8(10)11-9(3,4)5/h5-9,12-17H,4,10-11H2,1-3H3;5-10,13-15H,4,11-12H2,1-3H3;2*4-8,11H,3H2,1-2H3;7H,6H2,1-5H3. The number of aryl methyl sites for hydroxylation is 1. The van der Waals surface area contributed by atoms with Crippen molar-refractivity contribution in [1.29, 1.82) is 0 Å². The van der Waals surface area contributed by atoms with E-state index in [1.54, 1.807) is 30.3 Å². The topological polar surface area (TPSA) is 121 Å². The second-order valence-electron chi connectivity index (χ2n) is 21.0. The minimum atomic E-state index is -0.403. The average molecular weight is 1090 g/mol. The number of benzene rings is 5. The van der Waals surface area contributed by atoms with Gasteiger partial charge in [-0.15, -0.1) is 11.3 Å². The van der Waals surface area contributed by atoms with Crippen LogP contribution < -0.4 is 9.47 Å². The maximum atomic E-state index is 11.7. The fourth-order valence-electron chi connectivity index (χ4n) is 7.21. The van der Waals surface area contributed by atoms with Crippen molar-refractivity contribution in [3.05, 3.63) is 178 Å². The molecule has 7 atom stereocenters. The third kappa shape index (κ3) is 28.5. The largest absolute Gasteiger partial charge is 0.508 e. The second-order valence-corrected chi connectivity index (χ2v) is 22.0. The highest BCUT2D eigenvalue weighted by molar-refractivity contribution is 7.11. The lowest BCUT2D eigenvalue weighted by Crippen LogP contribution is -2.27. The van der Waals surface area contributed by atoms with E-state index < -0.39 is 6.29 Å². The maximum Gasteiger partial charge on any atom is 0.348 e. The van der Waals surface area contributed by atoms with Crippen LogP contribution in [0.15, 0.2) is 145 Å². The Balaban J connectivity index is 0.000000349. The van der Waals surface area contributed by atoms with Crippen molar-refractivity contribution in [3.63, 3.8) is 0 Å². The summed E-state index contributed by atoms with van der Waals surface area (Å²) in [7, 11) is 0. The molecule has 0 saturated heterocycles. The van der Waals surface area contributed by atoms with E-state index in [9.17, 15) is 9.59 Å². The molecule has 0 aliphatic rings. The lowest BCUT2D eigenvalue weighted by Gasteiger charge is -2.21. The first-order valence-corrected chi connectivity index (χ1v) is 29.2. The van der Waals surface area contributed by atoms with Crippen LogP contribution >= 0.6 is 11.3 Å². The van der Waals surface area contributed by atoms with E-state index in [4.69, 9.17) is 33.9 Å². The molecule has 0 amide bonds. The smallest absolute Gasteiger partial charge is 0.348 e. The zero-order valence-corrected chi connectivity index (χ0v) is 50.7. The number of carbonyl (C=O) groups excluding carboxylic acids is 2. The van der Waals surface area contributed by atoms with Gasteiger partial charge in [-0.1, -0.05) is 154 Å². The Labute approximate surface area is 474 Å².